The Hall–Kier alpha value is -0.380. The Balaban J connectivity index is 2.18. The van der Waals surface area contributed by atoms with Crippen LogP contribution in [0, 0.1) is 0 Å². The Labute approximate surface area is 73.3 Å². The van der Waals surface area contributed by atoms with Crippen LogP contribution in [-0.4, -0.2) is 10.1 Å². The molecule has 1 aromatic rings. The zero-order valence-electron chi connectivity index (χ0n) is 6.25. The third kappa shape index (κ3) is 1.45. The summed E-state index contributed by atoms with van der Waals surface area (Å²) < 4.78 is 5.02. The number of nitrogens with zero attached hydrogens (tertiary/aromatic N) is 2. The molecule has 2 rings (SSSR count). The van der Waals surface area contributed by atoms with E-state index in [9.17, 15) is 0 Å². The molecule has 1 fully saturated rings. The molecule has 0 N–H and O–H groups in total. The van der Waals surface area contributed by atoms with Crippen LogP contribution in [-0.2, 0) is 0 Å². The van der Waals surface area contributed by atoms with Gasteiger partial charge < -0.3 is 4.52 Å². The molecule has 1 atom stereocenters. The topological polar surface area (TPSA) is 38.9 Å². The number of halogens is 1. The van der Waals surface area contributed by atoms with Gasteiger partial charge in [0.25, 0.3) is 0 Å². The maximum absolute atomic E-state index is 5.02. The van der Waals surface area contributed by atoms with E-state index in [0.717, 1.165) is 5.82 Å². The summed E-state index contributed by atoms with van der Waals surface area (Å²) >= 11 is 3.37. The van der Waals surface area contributed by atoms with E-state index in [4.69, 9.17) is 4.52 Å². The average Bonchev–Trinajstić information content (AvgIpc) is 2.68. The molecule has 11 heavy (non-hydrogen) atoms. The highest BCUT2D eigenvalue weighted by Gasteiger charge is 2.29. The Morgan fingerprint density at radius 2 is 2.36 bits per heavy atom. The number of hydrogen-bond donors (Lipinski definition) is 0. The highest BCUT2D eigenvalue weighted by Crippen LogP contribution is 2.38. The Bertz CT molecular complexity index is 238. The summed E-state index contributed by atoms with van der Waals surface area (Å²) in [7, 11) is 0. The normalized spacial score (nSPS) is 20.2. The maximum atomic E-state index is 5.02. The van der Waals surface area contributed by atoms with Crippen molar-refractivity contribution in [3.8, 4) is 0 Å². The third-order valence-corrected chi connectivity index (χ3v) is 2.13. The van der Waals surface area contributed by atoms with Crippen molar-refractivity contribution >= 4 is 15.9 Å². The molecule has 0 unspecified atom stereocenters. The largest absolute Gasteiger partial charge is 0.338 e. The van der Waals surface area contributed by atoms with Gasteiger partial charge >= 0.3 is 0 Å². The quantitative estimate of drug-likeness (QED) is 0.714. The first-order valence-electron chi connectivity index (χ1n) is 3.75. The van der Waals surface area contributed by atoms with E-state index in [2.05, 4.69) is 26.1 Å². The summed E-state index contributed by atoms with van der Waals surface area (Å²) in [5.74, 6) is 2.15. The van der Waals surface area contributed by atoms with Crippen LogP contribution in [0.25, 0.3) is 0 Å². The third-order valence-electron chi connectivity index (χ3n) is 1.74. The van der Waals surface area contributed by atoms with Crippen molar-refractivity contribution < 1.29 is 4.52 Å². The Morgan fingerprint density at radius 3 is 2.82 bits per heavy atom. The van der Waals surface area contributed by atoms with E-state index in [0.29, 0.717) is 11.8 Å². The fourth-order valence-corrected chi connectivity index (χ4v) is 1.10. The van der Waals surface area contributed by atoms with Crippen molar-refractivity contribution in [2.45, 2.75) is 30.5 Å². The molecule has 1 heterocycles. The van der Waals surface area contributed by atoms with E-state index in [1.54, 1.807) is 0 Å². The highest BCUT2D eigenvalue weighted by atomic mass is 79.9. The lowest BCUT2D eigenvalue weighted by molar-refractivity contribution is 0.376. The van der Waals surface area contributed by atoms with E-state index >= 15 is 0 Å². The minimum absolute atomic E-state index is 0.169. The number of hydrogen-bond acceptors (Lipinski definition) is 3. The van der Waals surface area contributed by atoms with Crippen LogP contribution in [0.2, 0.25) is 0 Å². The van der Waals surface area contributed by atoms with Gasteiger partial charge in [0, 0.05) is 5.92 Å². The Kier molecular flexibility index (Phi) is 1.71. The van der Waals surface area contributed by atoms with Crippen LogP contribution < -0.4 is 0 Å². The highest BCUT2D eigenvalue weighted by molar-refractivity contribution is 9.09. The predicted molar refractivity (Wildman–Crippen MR) is 43.6 cm³/mol. The van der Waals surface area contributed by atoms with Crippen LogP contribution in [0.4, 0.5) is 0 Å². The van der Waals surface area contributed by atoms with Crippen molar-refractivity contribution in [2.75, 3.05) is 0 Å². The molecule has 0 bridgehead atoms. The summed E-state index contributed by atoms with van der Waals surface area (Å²) in [6, 6.07) is 0. The van der Waals surface area contributed by atoms with Crippen LogP contribution in [0.3, 0.4) is 0 Å². The van der Waals surface area contributed by atoms with E-state index in [1.807, 2.05) is 6.92 Å². The molecule has 0 amide bonds. The van der Waals surface area contributed by atoms with Gasteiger partial charge in [-0.05, 0) is 19.8 Å². The van der Waals surface area contributed by atoms with Gasteiger partial charge in [-0.1, -0.05) is 21.1 Å². The number of rotatable bonds is 2. The first kappa shape index (κ1) is 7.28. The molecule has 4 heteroatoms. The number of alkyl halides is 1. The van der Waals surface area contributed by atoms with Crippen molar-refractivity contribution in [3.05, 3.63) is 11.7 Å². The molecule has 3 nitrogen and oxygen atoms in total. The maximum Gasteiger partial charge on any atom is 0.240 e. The number of aromatic nitrogens is 2. The monoisotopic (exact) mass is 216 g/mol. The van der Waals surface area contributed by atoms with E-state index in [1.165, 1.54) is 12.8 Å². The van der Waals surface area contributed by atoms with E-state index < -0.39 is 0 Å². The second-order valence-electron chi connectivity index (χ2n) is 2.88. The molecule has 1 aromatic heterocycles. The second-order valence-corrected chi connectivity index (χ2v) is 4.25. The molecular weight excluding hydrogens is 208 g/mol. The molecule has 1 saturated carbocycles. The van der Waals surface area contributed by atoms with Gasteiger partial charge in [-0.15, -0.1) is 0 Å². The molecule has 0 spiro atoms. The lowest BCUT2D eigenvalue weighted by Gasteiger charge is -1.89. The SMILES string of the molecule is C[C@@H](Br)c1nc(C2CC2)no1. The van der Waals surface area contributed by atoms with Gasteiger partial charge in [0.05, 0.1) is 4.83 Å². The molecule has 60 valence electrons. The molecule has 1 aliphatic carbocycles. The van der Waals surface area contributed by atoms with Gasteiger partial charge in [-0.3, -0.25) is 0 Å². The van der Waals surface area contributed by atoms with Crippen LogP contribution >= 0.6 is 15.9 Å². The second kappa shape index (κ2) is 2.59. The van der Waals surface area contributed by atoms with Gasteiger partial charge in [-0.2, -0.15) is 4.98 Å². The predicted octanol–water partition coefficient (Wildman–Crippen LogP) is 2.40. The zero-order chi connectivity index (χ0) is 7.84. The summed E-state index contributed by atoms with van der Waals surface area (Å²) in [4.78, 5) is 4.42. The fourth-order valence-electron chi connectivity index (χ4n) is 0.916. The summed E-state index contributed by atoms with van der Waals surface area (Å²) in [6.45, 7) is 1.98. The molecule has 0 radical (unpaired) electrons. The zero-order valence-corrected chi connectivity index (χ0v) is 7.84. The molecule has 0 aromatic carbocycles. The lowest BCUT2D eigenvalue weighted by Crippen LogP contribution is -1.85. The van der Waals surface area contributed by atoms with Crippen molar-refractivity contribution in [1.29, 1.82) is 0 Å². The van der Waals surface area contributed by atoms with Crippen LogP contribution in [0.1, 0.15) is 42.2 Å². The summed E-state index contributed by atoms with van der Waals surface area (Å²) in [5, 5.41) is 3.88. The smallest absolute Gasteiger partial charge is 0.240 e. The standard InChI is InChI=1S/C7H9BrN2O/c1-4(8)7-9-6(10-11-7)5-2-3-5/h4-5H,2-3H2,1H3/t4-/m1/s1. The lowest BCUT2D eigenvalue weighted by atomic mass is 10.4. The van der Waals surface area contributed by atoms with Gasteiger partial charge in [0.2, 0.25) is 5.89 Å². The molecule has 0 saturated heterocycles. The van der Waals surface area contributed by atoms with E-state index in [-0.39, 0.29) is 4.83 Å². The molecule has 0 aliphatic heterocycles. The minimum Gasteiger partial charge on any atom is -0.338 e. The van der Waals surface area contributed by atoms with Crippen molar-refractivity contribution in [1.82, 2.24) is 10.1 Å². The summed E-state index contributed by atoms with van der Waals surface area (Å²) in [6.07, 6.45) is 2.44. The van der Waals surface area contributed by atoms with Gasteiger partial charge in [0.15, 0.2) is 5.82 Å². The summed E-state index contributed by atoms with van der Waals surface area (Å²) in [5.41, 5.74) is 0. The fraction of sp³-hybridized carbons (Fsp3) is 0.714. The van der Waals surface area contributed by atoms with Crippen LogP contribution in [0.15, 0.2) is 4.52 Å². The van der Waals surface area contributed by atoms with Gasteiger partial charge in [0.1, 0.15) is 0 Å². The van der Waals surface area contributed by atoms with Crippen molar-refractivity contribution in [3.63, 3.8) is 0 Å². The first-order valence-corrected chi connectivity index (χ1v) is 4.66. The van der Waals surface area contributed by atoms with Crippen molar-refractivity contribution in [2.24, 2.45) is 0 Å². The first-order chi connectivity index (χ1) is 5.27. The Morgan fingerprint density at radius 1 is 1.64 bits per heavy atom. The average molecular weight is 217 g/mol. The molecular formula is C7H9BrN2O. The molecule has 1 aliphatic rings. The van der Waals surface area contributed by atoms with Crippen LogP contribution in [0.5, 0.6) is 0 Å². The van der Waals surface area contributed by atoms with Gasteiger partial charge in [-0.25, -0.2) is 0 Å². The minimum atomic E-state index is 0.169.